The molecule has 0 fully saturated rings. The number of carboxylic acids is 1. The van der Waals surface area contributed by atoms with Crippen molar-refractivity contribution in [3.63, 3.8) is 0 Å². The lowest BCUT2D eigenvalue weighted by molar-refractivity contribution is 0.0690. The Morgan fingerprint density at radius 2 is 2.22 bits per heavy atom. The molecule has 0 aliphatic heterocycles. The molecular weight excluding hydrogens is 256 g/mol. The number of aromatic carboxylic acids is 1. The van der Waals surface area contributed by atoms with E-state index in [4.69, 9.17) is 16.7 Å². The minimum atomic E-state index is -1.16. The number of carbonyl (C=O) groups is 1. The van der Waals surface area contributed by atoms with Gasteiger partial charge in [-0.1, -0.05) is 25.4 Å². The Kier molecular flexibility index (Phi) is 3.29. The lowest BCUT2D eigenvalue weighted by atomic mass is 10.1. The van der Waals surface area contributed by atoms with E-state index in [0.717, 1.165) is 0 Å². The molecule has 2 aromatic rings. The van der Waals surface area contributed by atoms with Crippen LogP contribution in [0.4, 0.5) is 0 Å². The van der Waals surface area contributed by atoms with Crippen molar-refractivity contribution in [1.82, 2.24) is 20.0 Å². The topological polar surface area (TPSA) is 80.9 Å². The van der Waals surface area contributed by atoms with Gasteiger partial charge in [-0.2, -0.15) is 10.2 Å². The summed E-state index contributed by atoms with van der Waals surface area (Å²) in [5.74, 6) is -0.708. The van der Waals surface area contributed by atoms with Crippen LogP contribution in [-0.2, 0) is 0 Å². The molecule has 94 valence electrons. The Hall–Kier alpha value is -1.95. The molecule has 18 heavy (non-hydrogen) atoms. The predicted octanol–water partition coefficient (Wildman–Crippen LogP) is 2.14. The lowest BCUT2D eigenvalue weighted by Crippen LogP contribution is -2.07. The lowest BCUT2D eigenvalue weighted by Gasteiger charge is -2.08. The molecule has 0 radical (unpaired) electrons. The van der Waals surface area contributed by atoms with E-state index < -0.39 is 5.97 Å². The van der Waals surface area contributed by atoms with Crippen molar-refractivity contribution in [3.05, 3.63) is 34.7 Å². The fourth-order valence-corrected chi connectivity index (χ4v) is 2.04. The summed E-state index contributed by atoms with van der Waals surface area (Å²) in [5.41, 5.74) is 0.431. The molecule has 2 heterocycles. The van der Waals surface area contributed by atoms with Gasteiger partial charge in [-0.3, -0.25) is 0 Å². The maximum atomic E-state index is 11.0. The van der Waals surface area contributed by atoms with Crippen LogP contribution in [0.1, 0.15) is 35.9 Å². The van der Waals surface area contributed by atoms with Crippen LogP contribution in [0.5, 0.6) is 0 Å². The molecule has 0 unspecified atom stereocenters. The molecule has 0 aliphatic rings. The molecule has 0 aromatic carbocycles. The first kappa shape index (κ1) is 12.5. The van der Waals surface area contributed by atoms with Crippen molar-refractivity contribution >= 4 is 17.6 Å². The Balaban J connectivity index is 2.67. The van der Waals surface area contributed by atoms with Gasteiger partial charge in [0.1, 0.15) is 0 Å². The smallest absolute Gasteiger partial charge is 0.358 e. The zero-order valence-electron chi connectivity index (χ0n) is 9.83. The number of hydrogen-bond acceptors (Lipinski definition) is 4. The van der Waals surface area contributed by atoms with E-state index in [1.165, 1.54) is 10.9 Å². The van der Waals surface area contributed by atoms with Crippen LogP contribution in [0.2, 0.25) is 5.02 Å². The van der Waals surface area contributed by atoms with Gasteiger partial charge in [0.25, 0.3) is 0 Å². The molecule has 0 spiro atoms. The summed E-state index contributed by atoms with van der Waals surface area (Å²) in [6, 6.07) is 3.39. The highest BCUT2D eigenvalue weighted by atomic mass is 35.5. The van der Waals surface area contributed by atoms with Gasteiger partial charge < -0.3 is 5.11 Å². The van der Waals surface area contributed by atoms with Crippen LogP contribution >= 0.6 is 11.6 Å². The first-order valence-corrected chi connectivity index (χ1v) is 5.70. The standard InChI is InChI=1S/C11H11ClN4O2/c1-6(2)10-8(12)9(11(17)18)15-16(10)7-4-3-5-13-14-7/h3-6H,1-2H3,(H,17,18). The van der Waals surface area contributed by atoms with E-state index in [1.54, 1.807) is 12.1 Å². The van der Waals surface area contributed by atoms with Gasteiger partial charge in [0.05, 0.1) is 10.7 Å². The van der Waals surface area contributed by atoms with E-state index >= 15 is 0 Å². The largest absolute Gasteiger partial charge is 0.476 e. The first-order chi connectivity index (χ1) is 8.52. The highest BCUT2D eigenvalue weighted by molar-refractivity contribution is 6.34. The molecule has 0 atom stereocenters. The van der Waals surface area contributed by atoms with Crippen molar-refractivity contribution in [2.75, 3.05) is 0 Å². The number of carboxylic acid groups (broad SMARTS) is 1. The average Bonchev–Trinajstić information content (AvgIpc) is 2.68. The zero-order chi connectivity index (χ0) is 13.3. The Bertz CT molecular complexity index is 580. The maximum Gasteiger partial charge on any atom is 0.358 e. The quantitative estimate of drug-likeness (QED) is 0.920. The molecule has 0 aliphatic carbocycles. The van der Waals surface area contributed by atoms with Crippen LogP contribution in [0.25, 0.3) is 5.82 Å². The number of aromatic nitrogens is 4. The second-order valence-electron chi connectivity index (χ2n) is 4.00. The zero-order valence-corrected chi connectivity index (χ0v) is 10.6. The van der Waals surface area contributed by atoms with E-state index in [2.05, 4.69) is 15.3 Å². The van der Waals surface area contributed by atoms with Crippen LogP contribution < -0.4 is 0 Å². The van der Waals surface area contributed by atoms with E-state index in [9.17, 15) is 4.79 Å². The highest BCUT2D eigenvalue weighted by Gasteiger charge is 2.24. The van der Waals surface area contributed by atoms with E-state index in [1.807, 2.05) is 13.8 Å². The first-order valence-electron chi connectivity index (χ1n) is 5.32. The number of halogens is 1. The molecule has 2 aromatic heterocycles. The fourth-order valence-electron chi connectivity index (χ4n) is 1.63. The summed E-state index contributed by atoms with van der Waals surface area (Å²) >= 11 is 6.06. The summed E-state index contributed by atoms with van der Waals surface area (Å²) in [6.07, 6.45) is 1.53. The third kappa shape index (κ3) is 2.06. The van der Waals surface area contributed by atoms with Crippen LogP contribution in [0, 0.1) is 0 Å². The van der Waals surface area contributed by atoms with Crippen LogP contribution in [0.15, 0.2) is 18.3 Å². The number of nitrogens with zero attached hydrogens (tertiary/aromatic N) is 4. The second-order valence-corrected chi connectivity index (χ2v) is 4.38. The molecule has 2 rings (SSSR count). The molecule has 1 N–H and O–H groups in total. The highest BCUT2D eigenvalue weighted by Crippen LogP contribution is 2.29. The Morgan fingerprint density at radius 1 is 1.50 bits per heavy atom. The van der Waals surface area contributed by atoms with Crippen molar-refractivity contribution in [1.29, 1.82) is 0 Å². The van der Waals surface area contributed by atoms with E-state index in [-0.39, 0.29) is 16.6 Å². The summed E-state index contributed by atoms with van der Waals surface area (Å²) in [5, 5.41) is 20.8. The van der Waals surface area contributed by atoms with Gasteiger partial charge >= 0.3 is 5.97 Å². The fraction of sp³-hybridized carbons (Fsp3) is 0.273. The normalized spacial score (nSPS) is 10.9. The van der Waals surface area contributed by atoms with Crippen molar-refractivity contribution < 1.29 is 9.90 Å². The maximum absolute atomic E-state index is 11.0. The summed E-state index contributed by atoms with van der Waals surface area (Å²) in [7, 11) is 0. The van der Waals surface area contributed by atoms with Gasteiger partial charge in [0.2, 0.25) is 0 Å². The third-order valence-electron chi connectivity index (χ3n) is 2.39. The number of rotatable bonds is 3. The SMILES string of the molecule is CC(C)c1c(Cl)c(C(=O)O)nn1-c1cccnn1. The number of hydrogen-bond donors (Lipinski definition) is 1. The van der Waals surface area contributed by atoms with Crippen molar-refractivity contribution in [2.45, 2.75) is 19.8 Å². The Morgan fingerprint density at radius 3 is 2.72 bits per heavy atom. The minimum Gasteiger partial charge on any atom is -0.476 e. The molecule has 6 nitrogen and oxygen atoms in total. The second kappa shape index (κ2) is 4.73. The van der Waals surface area contributed by atoms with Gasteiger partial charge in [-0.25, -0.2) is 9.48 Å². The van der Waals surface area contributed by atoms with Crippen LogP contribution in [-0.4, -0.2) is 31.1 Å². The minimum absolute atomic E-state index is 0.0140. The summed E-state index contributed by atoms with van der Waals surface area (Å²) in [6.45, 7) is 3.81. The van der Waals surface area contributed by atoms with Gasteiger partial charge in [-0.15, -0.1) is 5.10 Å². The average molecular weight is 267 g/mol. The van der Waals surface area contributed by atoms with Gasteiger partial charge in [0.15, 0.2) is 11.5 Å². The van der Waals surface area contributed by atoms with E-state index in [0.29, 0.717) is 11.5 Å². The van der Waals surface area contributed by atoms with Gasteiger partial charge in [0, 0.05) is 6.20 Å². The molecule has 0 saturated heterocycles. The third-order valence-corrected chi connectivity index (χ3v) is 2.76. The van der Waals surface area contributed by atoms with Crippen LogP contribution in [0.3, 0.4) is 0 Å². The summed E-state index contributed by atoms with van der Waals surface area (Å²) < 4.78 is 1.42. The molecular formula is C11H11ClN4O2. The molecule has 0 amide bonds. The Labute approximate surface area is 108 Å². The summed E-state index contributed by atoms with van der Waals surface area (Å²) in [4.78, 5) is 11.0. The van der Waals surface area contributed by atoms with Gasteiger partial charge in [-0.05, 0) is 18.1 Å². The molecule has 0 bridgehead atoms. The van der Waals surface area contributed by atoms with Crippen molar-refractivity contribution in [2.24, 2.45) is 0 Å². The molecule has 0 saturated carbocycles. The van der Waals surface area contributed by atoms with Crippen molar-refractivity contribution in [3.8, 4) is 5.82 Å². The monoisotopic (exact) mass is 266 g/mol. The molecule has 7 heteroatoms. The predicted molar refractivity (Wildman–Crippen MR) is 65.2 cm³/mol.